The summed E-state index contributed by atoms with van der Waals surface area (Å²) in [5.74, 6) is -0.251. The highest BCUT2D eigenvalue weighted by molar-refractivity contribution is 5.81. The van der Waals surface area contributed by atoms with Crippen LogP contribution in [0.5, 0.6) is 0 Å². The number of carbonyl (C=O) groups excluding carboxylic acids is 2. The topological polar surface area (TPSA) is 64.6 Å². The Bertz CT molecular complexity index is 473. The van der Waals surface area contributed by atoms with E-state index in [4.69, 9.17) is 9.47 Å². The Morgan fingerprint density at radius 2 is 1.77 bits per heavy atom. The van der Waals surface area contributed by atoms with E-state index in [9.17, 15) is 9.59 Å². The average molecular weight is 307 g/mol. The first-order valence-electron chi connectivity index (χ1n) is 7.47. The number of amides is 1. The molecular formula is C17H25NO4. The summed E-state index contributed by atoms with van der Waals surface area (Å²) in [4.78, 5) is 23.8. The highest BCUT2D eigenvalue weighted by Crippen LogP contribution is 2.17. The van der Waals surface area contributed by atoms with E-state index in [1.807, 2.05) is 44.2 Å². The summed E-state index contributed by atoms with van der Waals surface area (Å²) < 4.78 is 10.2. The highest BCUT2D eigenvalue weighted by atomic mass is 16.5. The Hall–Kier alpha value is -1.88. The third-order valence-corrected chi connectivity index (χ3v) is 3.17. The Morgan fingerprint density at radius 3 is 2.32 bits per heavy atom. The van der Waals surface area contributed by atoms with Crippen LogP contribution >= 0.6 is 0 Å². The standard InChI is InChI=1S/C17H25NO4/c1-12(2)11-22-13(3)17(20)18-15(10-16(19)21-4)14-8-6-5-7-9-14/h5-9,12-13,15H,10-11H2,1-4H3,(H,18,20)/t13-,15+/m1/s1. The maximum Gasteiger partial charge on any atom is 0.307 e. The van der Waals surface area contributed by atoms with Gasteiger partial charge in [0, 0.05) is 6.61 Å². The van der Waals surface area contributed by atoms with Gasteiger partial charge in [0.05, 0.1) is 19.6 Å². The fraction of sp³-hybridized carbons (Fsp3) is 0.529. The quantitative estimate of drug-likeness (QED) is 0.749. The number of rotatable bonds is 8. The molecule has 1 amide bonds. The number of methoxy groups -OCH3 is 1. The molecule has 1 aromatic rings. The van der Waals surface area contributed by atoms with Crippen molar-refractivity contribution in [2.75, 3.05) is 13.7 Å². The van der Waals surface area contributed by atoms with Crippen LogP contribution in [0.4, 0.5) is 0 Å². The third kappa shape index (κ3) is 6.26. The predicted molar refractivity (Wildman–Crippen MR) is 84.2 cm³/mol. The molecule has 122 valence electrons. The van der Waals surface area contributed by atoms with Gasteiger partial charge < -0.3 is 14.8 Å². The molecule has 0 bridgehead atoms. The lowest BCUT2D eigenvalue weighted by atomic mass is 10.0. The van der Waals surface area contributed by atoms with Gasteiger partial charge in [-0.05, 0) is 18.4 Å². The SMILES string of the molecule is COC(=O)C[C@H](NC(=O)[C@@H](C)OCC(C)C)c1ccccc1. The summed E-state index contributed by atoms with van der Waals surface area (Å²) in [5.41, 5.74) is 0.859. The lowest BCUT2D eigenvalue weighted by molar-refractivity contribution is -0.141. The lowest BCUT2D eigenvalue weighted by Gasteiger charge is -2.21. The second-order valence-corrected chi connectivity index (χ2v) is 5.62. The monoisotopic (exact) mass is 307 g/mol. The van der Waals surface area contributed by atoms with Gasteiger partial charge in [-0.15, -0.1) is 0 Å². The maximum atomic E-state index is 12.2. The first-order valence-corrected chi connectivity index (χ1v) is 7.47. The molecule has 0 saturated carbocycles. The summed E-state index contributed by atoms with van der Waals surface area (Å²) in [5, 5.41) is 2.86. The van der Waals surface area contributed by atoms with Crippen LogP contribution in [0.15, 0.2) is 30.3 Å². The number of esters is 1. The molecule has 1 aromatic carbocycles. The van der Waals surface area contributed by atoms with Gasteiger partial charge in [-0.25, -0.2) is 0 Å². The van der Waals surface area contributed by atoms with Crippen molar-refractivity contribution in [2.45, 2.75) is 39.3 Å². The molecule has 0 spiro atoms. The average Bonchev–Trinajstić information content (AvgIpc) is 2.52. The molecule has 0 saturated heterocycles. The molecule has 5 heteroatoms. The molecule has 1 rings (SSSR count). The molecule has 0 fully saturated rings. The smallest absolute Gasteiger partial charge is 0.307 e. The number of nitrogens with one attached hydrogen (secondary N) is 1. The second kappa shape index (κ2) is 9.20. The number of benzene rings is 1. The fourth-order valence-corrected chi connectivity index (χ4v) is 1.89. The van der Waals surface area contributed by atoms with Crippen molar-refractivity contribution < 1.29 is 19.1 Å². The summed E-state index contributed by atoms with van der Waals surface area (Å²) in [7, 11) is 1.33. The second-order valence-electron chi connectivity index (χ2n) is 5.62. The Morgan fingerprint density at radius 1 is 1.14 bits per heavy atom. The number of hydrogen-bond acceptors (Lipinski definition) is 4. The van der Waals surface area contributed by atoms with Crippen LogP contribution in [0.2, 0.25) is 0 Å². The van der Waals surface area contributed by atoms with E-state index < -0.39 is 12.1 Å². The number of carbonyl (C=O) groups is 2. The van der Waals surface area contributed by atoms with E-state index in [0.717, 1.165) is 5.56 Å². The molecule has 5 nitrogen and oxygen atoms in total. The molecule has 0 aliphatic rings. The summed E-state index contributed by atoms with van der Waals surface area (Å²) >= 11 is 0. The van der Waals surface area contributed by atoms with Gasteiger partial charge >= 0.3 is 5.97 Å². The van der Waals surface area contributed by atoms with E-state index in [-0.39, 0.29) is 18.3 Å². The van der Waals surface area contributed by atoms with Crippen molar-refractivity contribution in [1.29, 1.82) is 0 Å². The van der Waals surface area contributed by atoms with Gasteiger partial charge in [0.25, 0.3) is 0 Å². The summed E-state index contributed by atoms with van der Waals surface area (Å²) in [6.07, 6.45) is -0.477. The molecule has 0 radical (unpaired) electrons. The van der Waals surface area contributed by atoms with Gasteiger partial charge in [0.1, 0.15) is 6.10 Å². The first kappa shape index (κ1) is 18.2. The minimum Gasteiger partial charge on any atom is -0.469 e. The van der Waals surface area contributed by atoms with Crippen LogP contribution in [0.25, 0.3) is 0 Å². The normalized spacial score (nSPS) is 13.5. The van der Waals surface area contributed by atoms with E-state index in [0.29, 0.717) is 12.5 Å². The number of ether oxygens (including phenoxy) is 2. The van der Waals surface area contributed by atoms with Crippen LogP contribution in [-0.2, 0) is 19.1 Å². The molecule has 0 aromatic heterocycles. The third-order valence-electron chi connectivity index (χ3n) is 3.17. The maximum absolute atomic E-state index is 12.2. The van der Waals surface area contributed by atoms with Gasteiger partial charge in [0.15, 0.2) is 0 Å². The van der Waals surface area contributed by atoms with Gasteiger partial charge in [0.2, 0.25) is 5.91 Å². The van der Waals surface area contributed by atoms with Crippen molar-refractivity contribution in [3.63, 3.8) is 0 Å². The van der Waals surface area contributed by atoms with Gasteiger partial charge in [-0.2, -0.15) is 0 Å². The van der Waals surface area contributed by atoms with Crippen molar-refractivity contribution >= 4 is 11.9 Å². The Balaban J connectivity index is 2.71. The van der Waals surface area contributed by atoms with Crippen LogP contribution in [0.3, 0.4) is 0 Å². The molecule has 0 unspecified atom stereocenters. The molecule has 0 heterocycles. The predicted octanol–water partition coefficient (Wildman–Crippen LogP) is 2.47. The number of hydrogen-bond donors (Lipinski definition) is 1. The molecule has 22 heavy (non-hydrogen) atoms. The van der Waals surface area contributed by atoms with Crippen molar-refractivity contribution in [3.05, 3.63) is 35.9 Å². The molecule has 0 aliphatic heterocycles. The summed E-state index contributed by atoms with van der Waals surface area (Å²) in [6.45, 7) is 6.27. The van der Waals surface area contributed by atoms with Crippen LogP contribution in [0.1, 0.15) is 38.8 Å². The van der Waals surface area contributed by atoms with Crippen LogP contribution < -0.4 is 5.32 Å². The Labute approximate surface area is 132 Å². The van der Waals surface area contributed by atoms with Crippen LogP contribution in [0, 0.1) is 5.92 Å². The van der Waals surface area contributed by atoms with Crippen molar-refractivity contribution in [1.82, 2.24) is 5.32 Å². The summed E-state index contributed by atoms with van der Waals surface area (Å²) in [6, 6.07) is 8.93. The minimum atomic E-state index is -0.564. The van der Waals surface area contributed by atoms with Crippen molar-refractivity contribution in [2.24, 2.45) is 5.92 Å². The zero-order valence-corrected chi connectivity index (χ0v) is 13.7. The van der Waals surface area contributed by atoms with Crippen molar-refractivity contribution in [3.8, 4) is 0 Å². The first-order chi connectivity index (χ1) is 10.4. The zero-order valence-electron chi connectivity index (χ0n) is 13.7. The molecule has 2 atom stereocenters. The van der Waals surface area contributed by atoms with E-state index >= 15 is 0 Å². The van der Waals surface area contributed by atoms with Crippen LogP contribution in [-0.4, -0.2) is 31.7 Å². The lowest BCUT2D eigenvalue weighted by Crippen LogP contribution is -2.38. The van der Waals surface area contributed by atoms with E-state index in [2.05, 4.69) is 5.32 Å². The molecular weight excluding hydrogens is 282 g/mol. The van der Waals surface area contributed by atoms with Gasteiger partial charge in [-0.1, -0.05) is 44.2 Å². The largest absolute Gasteiger partial charge is 0.469 e. The van der Waals surface area contributed by atoms with E-state index in [1.165, 1.54) is 7.11 Å². The zero-order chi connectivity index (χ0) is 16.5. The highest BCUT2D eigenvalue weighted by Gasteiger charge is 2.22. The Kier molecular flexibility index (Phi) is 7.60. The van der Waals surface area contributed by atoms with Gasteiger partial charge in [-0.3, -0.25) is 9.59 Å². The minimum absolute atomic E-state index is 0.0865. The fourth-order valence-electron chi connectivity index (χ4n) is 1.89. The molecule has 0 aliphatic carbocycles. The van der Waals surface area contributed by atoms with E-state index in [1.54, 1.807) is 6.92 Å². The molecule has 1 N–H and O–H groups in total.